The van der Waals surface area contributed by atoms with Gasteiger partial charge >= 0.3 is 5.97 Å². The van der Waals surface area contributed by atoms with Crippen LogP contribution < -0.4 is 15.4 Å². The zero-order valence-electron chi connectivity index (χ0n) is 17.2. The first-order valence-electron chi connectivity index (χ1n) is 10.6. The number of esters is 1. The number of hydrogen-bond acceptors (Lipinski definition) is 5. The van der Waals surface area contributed by atoms with Gasteiger partial charge in [0.25, 0.3) is 0 Å². The molecular weight excluding hydrogens is 388 g/mol. The summed E-state index contributed by atoms with van der Waals surface area (Å²) in [4.78, 5) is 23.3. The van der Waals surface area contributed by atoms with Gasteiger partial charge in [0.05, 0.1) is 19.6 Å². The molecule has 0 saturated heterocycles. The van der Waals surface area contributed by atoms with Crippen LogP contribution >= 0.6 is 12.2 Å². The number of rotatable bonds is 10. The maximum absolute atomic E-state index is 11.9. The number of nitrogens with one attached hydrogen (secondary N) is 2. The van der Waals surface area contributed by atoms with Crippen molar-refractivity contribution in [2.24, 2.45) is 5.92 Å². The van der Waals surface area contributed by atoms with Crippen molar-refractivity contribution in [1.82, 2.24) is 5.32 Å². The lowest BCUT2D eigenvalue weighted by molar-refractivity contribution is -0.144. The standard InChI is InChI=1S/C22H32N2O4S/c1-2-15-28-21(26)13-12-20(25)24-22(29)23-18-8-10-19(11-9-18)27-16-14-17-6-4-3-5-7-17/h8-11,17H,2-7,12-16H2,1H3,(H2,23,24,25,29). The van der Waals surface area contributed by atoms with E-state index in [9.17, 15) is 9.59 Å². The van der Waals surface area contributed by atoms with E-state index in [0.29, 0.717) is 6.61 Å². The van der Waals surface area contributed by atoms with Crippen molar-refractivity contribution in [1.29, 1.82) is 0 Å². The highest BCUT2D eigenvalue weighted by Crippen LogP contribution is 2.26. The molecule has 1 amide bonds. The Kier molecular flexibility index (Phi) is 10.5. The number of carbonyl (C=O) groups excluding carboxylic acids is 2. The fourth-order valence-corrected chi connectivity index (χ4v) is 3.54. The third-order valence-corrected chi connectivity index (χ3v) is 5.11. The lowest BCUT2D eigenvalue weighted by atomic mass is 9.87. The van der Waals surface area contributed by atoms with Gasteiger partial charge in [0.2, 0.25) is 5.91 Å². The average Bonchev–Trinajstić information content (AvgIpc) is 2.72. The van der Waals surface area contributed by atoms with Crippen molar-refractivity contribution >= 4 is 34.9 Å². The predicted octanol–water partition coefficient (Wildman–Crippen LogP) is 4.58. The number of benzene rings is 1. The Morgan fingerprint density at radius 3 is 2.48 bits per heavy atom. The van der Waals surface area contributed by atoms with E-state index in [4.69, 9.17) is 21.7 Å². The number of hydrogen-bond donors (Lipinski definition) is 2. The molecule has 0 atom stereocenters. The van der Waals surface area contributed by atoms with Crippen LogP contribution in [0.25, 0.3) is 0 Å². The summed E-state index contributed by atoms with van der Waals surface area (Å²) in [6.07, 6.45) is 8.69. The fraction of sp³-hybridized carbons (Fsp3) is 0.591. The van der Waals surface area contributed by atoms with Crippen molar-refractivity contribution in [3.05, 3.63) is 24.3 Å². The van der Waals surface area contributed by atoms with Crippen LogP contribution in [0.2, 0.25) is 0 Å². The molecule has 0 aliphatic heterocycles. The molecule has 2 N–H and O–H groups in total. The maximum atomic E-state index is 11.9. The summed E-state index contributed by atoms with van der Waals surface area (Å²) in [5.41, 5.74) is 0.761. The molecule has 0 aromatic heterocycles. The molecule has 1 aromatic carbocycles. The van der Waals surface area contributed by atoms with Crippen LogP contribution in [-0.4, -0.2) is 30.2 Å². The van der Waals surface area contributed by atoms with E-state index in [1.807, 2.05) is 31.2 Å². The molecule has 0 radical (unpaired) electrons. The van der Waals surface area contributed by atoms with Crippen LogP contribution in [0.1, 0.15) is 64.7 Å². The van der Waals surface area contributed by atoms with E-state index in [1.165, 1.54) is 32.1 Å². The van der Waals surface area contributed by atoms with Crippen molar-refractivity contribution in [2.45, 2.75) is 64.7 Å². The topological polar surface area (TPSA) is 76.7 Å². The fourth-order valence-electron chi connectivity index (χ4n) is 3.31. The molecule has 6 nitrogen and oxygen atoms in total. The first-order valence-corrected chi connectivity index (χ1v) is 11.0. The van der Waals surface area contributed by atoms with Gasteiger partial charge in [-0.1, -0.05) is 39.0 Å². The molecule has 0 bridgehead atoms. The van der Waals surface area contributed by atoms with Gasteiger partial charge in [-0.15, -0.1) is 0 Å². The molecule has 7 heteroatoms. The Bertz CT molecular complexity index is 657. The lowest BCUT2D eigenvalue weighted by Crippen LogP contribution is -2.34. The minimum Gasteiger partial charge on any atom is -0.494 e. The summed E-state index contributed by atoms with van der Waals surface area (Å²) in [5, 5.41) is 5.72. The van der Waals surface area contributed by atoms with Crippen LogP contribution in [0.3, 0.4) is 0 Å². The minimum absolute atomic E-state index is 0.0398. The van der Waals surface area contributed by atoms with Gasteiger partial charge in [-0.2, -0.15) is 0 Å². The maximum Gasteiger partial charge on any atom is 0.306 e. The molecule has 1 aliphatic carbocycles. The van der Waals surface area contributed by atoms with Crippen molar-refractivity contribution < 1.29 is 19.1 Å². The molecule has 160 valence electrons. The number of thiocarbonyl (C=S) groups is 1. The van der Waals surface area contributed by atoms with Gasteiger partial charge in [-0.25, -0.2) is 0 Å². The largest absolute Gasteiger partial charge is 0.494 e. The summed E-state index contributed by atoms with van der Waals surface area (Å²) in [5.74, 6) is 0.935. The highest BCUT2D eigenvalue weighted by Gasteiger charge is 2.13. The van der Waals surface area contributed by atoms with Gasteiger partial charge in [-0.3, -0.25) is 9.59 Å². The number of amides is 1. The van der Waals surface area contributed by atoms with Crippen molar-refractivity contribution in [2.75, 3.05) is 18.5 Å². The summed E-state index contributed by atoms with van der Waals surface area (Å²) in [6.45, 7) is 3.04. The third kappa shape index (κ3) is 9.74. The molecule has 1 saturated carbocycles. The second kappa shape index (κ2) is 13.1. The molecule has 0 heterocycles. The quantitative estimate of drug-likeness (QED) is 0.426. The van der Waals surface area contributed by atoms with Crippen LogP contribution in [0.15, 0.2) is 24.3 Å². The second-order valence-electron chi connectivity index (χ2n) is 7.39. The molecule has 1 fully saturated rings. The lowest BCUT2D eigenvalue weighted by Gasteiger charge is -2.21. The molecule has 0 spiro atoms. The predicted molar refractivity (Wildman–Crippen MR) is 118 cm³/mol. The van der Waals surface area contributed by atoms with Crippen molar-refractivity contribution in [3.8, 4) is 5.75 Å². The van der Waals surface area contributed by atoms with E-state index >= 15 is 0 Å². The summed E-state index contributed by atoms with van der Waals surface area (Å²) in [7, 11) is 0. The SMILES string of the molecule is CCCOC(=O)CCC(=O)NC(=S)Nc1ccc(OCCC2CCCCC2)cc1. The molecule has 29 heavy (non-hydrogen) atoms. The summed E-state index contributed by atoms with van der Waals surface area (Å²) in [6, 6.07) is 7.49. The van der Waals surface area contributed by atoms with Gasteiger partial charge in [0.15, 0.2) is 5.11 Å². The molecule has 0 unspecified atom stereocenters. The monoisotopic (exact) mass is 420 g/mol. The van der Waals surface area contributed by atoms with E-state index in [1.54, 1.807) is 0 Å². The van der Waals surface area contributed by atoms with Gasteiger partial charge in [0.1, 0.15) is 5.75 Å². The Balaban J connectivity index is 1.64. The Morgan fingerprint density at radius 1 is 1.07 bits per heavy atom. The van der Waals surface area contributed by atoms with E-state index < -0.39 is 0 Å². The third-order valence-electron chi connectivity index (χ3n) is 4.91. The van der Waals surface area contributed by atoms with Crippen molar-refractivity contribution in [3.63, 3.8) is 0 Å². The van der Waals surface area contributed by atoms with Crippen LogP contribution in [0, 0.1) is 5.92 Å². The molecule has 2 rings (SSSR count). The zero-order valence-corrected chi connectivity index (χ0v) is 18.0. The van der Waals surface area contributed by atoms with E-state index in [0.717, 1.165) is 36.8 Å². The normalized spacial score (nSPS) is 14.1. The van der Waals surface area contributed by atoms with Gasteiger partial charge in [0, 0.05) is 12.1 Å². The Hall–Kier alpha value is -2.15. The highest BCUT2D eigenvalue weighted by molar-refractivity contribution is 7.80. The average molecular weight is 421 g/mol. The Labute approximate surface area is 178 Å². The summed E-state index contributed by atoms with van der Waals surface area (Å²) >= 11 is 5.15. The highest BCUT2D eigenvalue weighted by atomic mass is 32.1. The van der Waals surface area contributed by atoms with Crippen LogP contribution in [-0.2, 0) is 14.3 Å². The first kappa shape index (κ1) is 23.1. The first-order chi connectivity index (χ1) is 14.1. The number of ether oxygens (including phenoxy) is 2. The van der Waals surface area contributed by atoms with Gasteiger partial charge < -0.3 is 20.1 Å². The van der Waals surface area contributed by atoms with Crippen LogP contribution in [0.5, 0.6) is 5.75 Å². The number of carbonyl (C=O) groups is 2. The minimum atomic E-state index is -0.375. The zero-order chi connectivity index (χ0) is 20.9. The smallest absolute Gasteiger partial charge is 0.306 e. The molecular formula is C22H32N2O4S. The molecule has 1 aromatic rings. The number of anilines is 1. The van der Waals surface area contributed by atoms with E-state index in [-0.39, 0.29) is 29.8 Å². The van der Waals surface area contributed by atoms with Gasteiger partial charge in [-0.05, 0) is 55.2 Å². The second-order valence-corrected chi connectivity index (χ2v) is 7.80. The van der Waals surface area contributed by atoms with Crippen LogP contribution in [0.4, 0.5) is 5.69 Å². The molecule has 1 aliphatic rings. The Morgan fingerprint density at radius 2 is 1.79 bits per heavy atom. The summed E-state index contributed by atoms with van der Waals surface area (Å²) < 4.78 is 10.8. The van der Waals surface area contributed by atoms with E-state index in [2.05, 4.69) is 10.6 Å².